The minimum atomic E-state index is -0.305. The van der Waals surface area contributed by atoms with E-state index >= 15 is 0 Å². The molecule has 4 nitrogen and oxygen atoms in total. The Morgan fingerprint density at radius 2 is 2.06 bits per heavy atom. The molecule has 1 aromatic rings. The molecule has 0 aliphatic carbocycles. The molecule has 0 saturated heterocycles. The molecule has 0 spiro atoms. The van der Waals surface area contributed by atoms with Gasteiger partial charge < -0.3 is 15.8 Å². The fraction of sp³-hybridized carbons (Fsp3) is 0.417. The molecule has 0 fully saturated rings. The van der Waals surface area contributed by atoms with Crippen molar-refractivity contribution in [1.29, 1.82) is 0 Å². The van der Waals surface area contributed by atoms with Gasteiger partial charge in [-0.2, -0.15) is 0 Å². The first-order valence-corrected chi connectivity index (χ1v) is 5.20. The summed E-state index contributed by atoms with van der Waals surface area (Å²) in [5, 5.41) is 3.07. The van der Waals surface area contributed by atoms with Gasteiger partial charge in [0, 0.05) is 19.6 Å². The number of carbonyl (C=O) groups excluding carboxylic acids is 1. The second kappa shape index (κ2) is 6.25. The summed E-state index contributed by atoms with van der Waals surface area (Å²) >= 11 is 0. The predicted octanol–water partition coefficient (Wildman–Crippen LogP) is 0.969. The third-order valence-electron chi connectivity index (χ3n) is 2.45. The number of hydrogen-bond acceptors (Lipinski definition) is 3. The van der Waals surface area contributed by atoms with Crippen molar-refractivity contribution < 1.29 is 9.53 Å². The maximum atomic E-state index is 10.9. The van der Waals surface area contributed by atoms with Crippen LogP contribution >= 0.6 is 0 Å². The van der Waals surface area contributed by atoms with Gasteiger partial charge in [0.2, 0.25) is 5.91 Å². The number of ether oxygens (including phenoxy) is 1. The lowest BCUT2D eigenvalue weighted by Crippen LogP contribution is -2.23. The van der Waals surface area contributed by atoms with Gasteiger partial charge in [-0.15, -0.1) is 0 Å². The topological polar surface area (TPSA) is 64.3 Å². The Morgan fingerprint density at radius 1 is 1.44 bits per heavy atom. The number of primary amides is 1. The van der Waals surface area contributed by atoms with Crippen molar-refractivity contribution >= 4 is 5.91 Å². The molecule has 0 saturated carbocycles. The van der Waals surface area contributed by atoms with E-state index in [-0.39, 0.29) is 11.9 Å². The van der Waals surface area contributed by atoms with Crippen LogP contribution in [-0.4, -0.2) is 20.1 Å². The van der Waals surface area contributed by atoms with Crippen LogP contribution in [0, 0.1) is 0 Å². The Kier molecular flexibility index (Phi) is 4.95. The van der Waals surface area contributed by atoms with Crippen LogP contribution < -0.4 is 11.1 Å². The van der Waals surface area contributed by atoms with Gasteiger partial charge in [0.25, 0.3) is 0 Å². The zero-order valence-corrected chi connectivity index (χ0v) is 9.69. The Hall–Kier alpha value is -1.39. The summed E-state index contributed by atoms with van der Waals surface area (Å²) in [4.78, 5) is 10.9. The van der Waals surface area contributed by atoms with E-state index in [9.17, 15) is 4.79 Å². The van der Waals surface area contributed by atoms with E-state index in [0.29, 0.717) is 13.0 Å². The van der Waals surface area contributed by atoms with Crippen molar-refractivity contribution in [2.24, 2.45) is 5.73 Å². The quantitative estimate of drug-likeness (QED) is 0.753. The highest BCUT2D eigenvalue weighted by Gasteiger charge is 2.11. The lowest BCUT2D eigenvalue weighted by molar-refractivity contribution is -0.118. The summed E-state index contributed by atoms with van der Waals surface area (Å²) in [5.74, 6) is -0.305. The van der Waals surface area contributed by atoms with Crippen LogP contribution in [0.2, 0.25) is 0 Å². The third-order valence-corrected chi connectivity index (χ3v) is 2.45. The number of nitrogens with one attached hydrogen (secondary N) is 1. The lowest BCUT2D eigenvalue weighted by atomic mass is 10.0. The van der Waals surface area contributed by atoms with Gasteiger partial charge in [-0.1, -0.05) is 24.3 Å². The van der Waals surface area contributed by atoms with Crippen LogP contribution in [0.15, 0.2) is 24.3 Å². The normalized spacial score (nSPS) is 12.4. The first kappa shape index (κ1) is 12.7. The molecule has 0 aromatic heterocycles. The Balaban J connectivity index is 2.73. The van der Waals surface area contributed by atoms with Crippen LogP contribution in [0.5, 0.6) is 0 Å². The molecule has 1 amide bonds. The molecule has 1 atom stereocenters. The molecule has 0 heterocycles. The fourth-order valence-corrected chi connectivity index (χ4v) is 1.60. The molecular formula is C12H18N2O2. The molecule has 1 rings (SSSR count). The van der Waals surface area contributed by atoms with Crippen LogP contribution in [0.3, 0.4) is 0 Å². The number of methoxy groups -OCH3 is 1. The van der Waals surface area contributed by atoms with Crippen molar-refractivity contribution in [2.45, 2.75) is 19.1 Å². The number of hydrogen-bond donors (Lipinski definition) is 2. The molecule has 88 valence electrons. The molecular weight excluding hydrogens is 204 g/mol. The van der Waals surface area contributed by atoms with Crippen molar-refractivity contribution in [1.82, 2.24) is 5.32 Å². The van der Waals surface area contributed by atoms with E-state index in [1.54, 1.807) is 7.11 Å². The summed E-state index contributed by atoms with van der Waals surface area (Å²) < 4.78 is 5.03. The first-order chi connectivity index (χ1) is 7.67. The Morgan fingerprint density at radius 3 is 2.50 bits per heavy atom. The van der Waals surface area contributed by atoms with Crippen molar-refractivity contribution in [3.05, 3.63) is 35.4 Å². The average Bonchev–Trinajstić information content (AvgIpc) is 2.27. The van der Waals surface area contributed by atoms with Gasteiger partial charge in [-0.25, -0.2) is 0 Å². The van der Waals surface area contributed by atoms with E-state index in [1.807, 2.05) is 31.3 Å². The van der Waals surface area contributed by atoms with E-state index in [0.717, 1.165) is 11.1 Å². The van der Waals surface area contributed by atoms with Gasteiger partial charge in [0.15, 0.2) is 0 Å². The molecule has 1 aromatic carbocycles. The standard InChI is InChI=1S/C12H18N2O2/c1-14-11(7-12(13)15)10-5-3-9(4-6-10)8-16-2/h3-6,11,14H,7-8H2,1-2H3,(H2,13,15). The highest BCUT2D eigenvalue weighted by molar-refractivity contribution is 5.74. The number of benzene rings is 1. The largest absolute Gasteiger partial charge is 0.380 e. The SMILES string of the molecule is CNC(CC(N)=O)c1ccc(COC)cc1. The molecule has 1 unspecified atom stereocenters. The number of rotatable bonds is 6. The summed E-state index contributed by atoms with van der Waals surface area (Å²) in [6, 6.07) is 7.93. The lowest BCUT2D eigenvalue weighted by Gasteiger charge is -2.15. The number of nitrogens with two attached hydrogens (primary N) is 1. The van der Waals surface area contributed by atoms with Crippen molar-refractivity contribution in [3.63, 3.8) is 0 Å². The van der Waals surface area contributed by atoms with Crippen LogP contribution in [0.1, 0.15) is 23.6 Å². The number of amides is 1. The first-order valence-electron chi connectivity index (χ1n) is 5.20. The van der Waals surface area contributed by atoms with Gasteiger partial charge >= 0.3 is 0 Å². The highest BCUT2D eigenvalue weighted by atomic mass is 16.5. The molecule has 16 heavy (non-hydrogen) atoms. The molecule has 0 bridgehead atoms. The maximum absolute atomic E-state index is 10.9. The molecule has 3 N–H and O–H groups in total. The zero-order chi connectivity index (χ0) is 12.0. The second-order valence-electron chi connectivity index (χ2n) is 3.69. The van der Waals surface area contributed by atoms with Crippen LogP contribution in [0.25, 0.3) is 0 Å². The van der Waals surface area contributed by atoms with Gasteiger partial charge in [0.05, 0.1) is 6.61 Å². The van der Waals surface area contributed by atoms with Gasteiger partial charge in [-0.3, -0.25) is 4.79 Å². The van der Waals surface area contributed by atoms with E-state index in [4.69, 9.17) is 10.5 Å². The van der Waals surface area contributed by atoms with Crippen LogP contribution in [-0.2, 0) is 16.1 Å². The van der Waals surface area contributed by atoms with Crippen LogP contribution in [0.4, 0.5) is 0 Å². The summed E-state index contributed by atoms with van der Waals surface area (Å²) in [6.07, 6.45) is 0.306. The molecule has 4 heteroatoms. The number of carbonyl (C=O) groups is 1. The molecule has 0 radical (unpaired) electrons. The molecule has 0 aliphatic rings. The van der Waals surface area contributed by atoms with Crippen molar-refractivity contribution in [3.8, 4) is 0 Å². The fourth-order valence-electron chi connectivity index (χ4n) is 1.60. The second-order valence-corrected chi connectivity index (χ2v) is 3.69. The smallest absolute Gasteiger partial charge is 0.219 e. The summed E-state index contributed by atoms with van der Waals surface area (Å²) in [7, 11) is 3.48. The molecule has 0 aliphatic heterocycles. The summed E-state index contributed by atoms with van der Waals surface area (Å²) in [6.45, 7) is 0.598. The maximum Gasteiger partial charge on any atom is 0.219 e. The Bertz CT molecular complexity index is 335. The minimum Gasteiger partial charge on any atom is -0.380 e. The minimum absolute atomic E-state index is 0.0194. The monoisotopic (exact) mass is 222 g/mol. The van der Waals surface area contributed by atoms with Gasteiger partial charge in [-0.05, 0) is 18.2 Å². The predicted molar refractivity (Wildman–Crippen MR) is 62.8 cm³/mol. The zero-order valence-electron chi connectivity index (χ0n) is 9.69. The van der Waals surface area contributed by atoms with E-state index < -0.39 is 0 Å². The van der Waals surface area contributed by atoms with E-state index in [2.05, 4.69) is 5.32 Å². The average molecular weight is 222 g/mol. The third kappa shape index (κ3) is 3.64. The van der Waals surface area contributed by atoms with Gasteiger partial charge in [0.1, 0.15) is 0 Å². The van der Waals surface area contributed by atoms with E-state index in [1.165, 1.54) is 0 Å². The summed E-state index contributed by atoms with van der Waals surface area (Å²) in [5.41, 5.74) is 7.35. The highest BCUT2D eigenvalue weighted by Crippen LogP contribution is 2.16. The Labute approximate surface area is 95.8 Å². The van der Waals surface area contributed by atoms with Crippen molar-refractivity contribution in [2.75, 3.05) is 14.2 Å².